The summed E-state index contributed by atoms with van der Waals surface area (Å²) in [6, 6.07) is 7.92. The Hall–Kier alpha value is -2.75. The Morgan fingerprint density at radius 2 is 1.80 bits per heavy atom. The van der Waals surface area contributed by atoms with E-state index in [-0.39, 0.29) is 18.0 Å². The number of phenols is 1. The highest BCUT2D eigenvalue weighted by Crippen LogP contribution is 2.33. The van der Waals surface area contributed by atoms with Crippen LogP contribution in [0.15, 0.2) is 47.4 Å². The summed E-state index contributed by atoms with van der Waals surface area (Å²) >= 11 is 0. The standard InChI is InChI=1S/C20H22F3NO5S/c1-19(2,30(27,28)15-6-4-5-14(12-15)20(21,22)23)18(26)24-10-9-13-7-8-16(25)17(11-13)29-3/h4-8,11-12,25H,9-10H2,1-3H3,(H,24,26). The van der Waals surface area contributed by atoms with Gasteiger partial charge in [0.1, 0.15) is 4.75 Å². The fourth-order valence-corrected chi connectivity index (χ4v) is 4.11. The maximum Gasteiger partial charge on any atom is 0.416 e. The maximum atomic E-state index is 12.9. The Morgan fingerprint density at radius 1 is 1.13 bits per heavy atom. The Bertz CT molecular complexity index is 1030. The molecule has 2 rings (SSSR count). The van der Waals surface area contributed by atoms with Crippen molar-refractivity contribution < 1.29 is 36.2 Å². The number of phenolic OH excluding ortho intramolecular Hbond substituents is 1. The number of methoxy groups -OCH3 is 1. The number of alkyl halides is 3. The third-order valence-corrected chi connectivity index (χ3v) is 7.04. The molecule has 2 aromatic rings. The van der Waals surface area contributed by atoms with Crippen molar-refractivity contribution in [2.75, 3.05) is 13.7 Å². The van der Waals surface area contributed by atoms with E-state index in [0.717, 1.165) is 37.6 Å². The molecule has 0 aromatic heterocycles. The van der Waals surface area contributed by atoms with E-state index < -0.39 is 37.1 Å². The van der Waals surface area contributed by atoms with Gasteiger partial charge < -0.3 is 15.2 Å². The third-order valence-electron chi connectivity index (χ3n) is 4.63. The van der Waals surface area contributed by atoms with Crippen LogP contribution in [0, 0.1) is 0 Å². The van der Waals surface area contributed by atoms with Crippen molar-refractivity contribution >= 4 is 15.7 Å². The van der Waals surface area contributed by atoms with E-state index in [0.29, 0.717) is 12.5 Å². The first-order valence-electron chi connectivity index (χ1n) is 8.87. The Kier molecular flexibility index (Phi) is 6.70. The summed E-state index contributed by atoms with van der Waals surface area (Å²) in [6.07, 6.45) is -4.38. The first kappa shape index (κ1) is 23.5. The SMILES string of the molecule is COc1cc(CCNC(=O)C(C)(C)S(=O)(=O)c2cccc(C(F)(F)F)c2)ccc1O. The topological polar surface area (TPSA) is 92.7 Å². The Morgan fingerprint density at radius 3 is 2.40 bits per heavy atom. The Labute approximate surface area is 172 Å². The highest BCUT2D eigenvalue weighted by Gasteiger charge is 2.43. The van der Waals surface area contributed by atoms with Crippen LogP contribution in [0.4, 0.5) is 13.2 Å². The van der Waals surface area contributed by atoms with Gasteiger partial charge in [0.15, 0.2) is 21.3 Å². The highest BCUT2D eigenvalue weighted by molar-refractivity contribution is 7.93. The van der Waals surface area contributed by atoms with Crippen molar-refractivity contribution in [2.24, 2.45) is 0 Å². The van der Waals surface area contributed by atoms with E-state index in [1.165, 1.54) is 13.2 Å². The number of amides is 1. The first-order valence-corrected chi connectivity index (χ1v) is 10.3. The molecular formula is C20H22F3NO5S. The van der Waals surface area contributed by atoms with Crippen molar-refractivity contribution in [3.05, 3.63) is 53.6 Å². The molecule has 0 unspecified atom stereocenters. The number of rotatable bonds is 7. The number of hydrogen-bond acceptors (Lipinski definition) is 5. The molecule has 0 radical (unpaired) electrons. The van der Waals surface area contributed by atoms with Crippen LogP contribution in [0.1, 0.15) is 25.0 Å². The lowest BCUT2D eigenvalue weighted by Crippen LogP contribution is -2.48. The van der Waals surface area contributed by atoms with Crippen molar-refractivity contribution in [1.82, 2.24) is 5.32 Å². The van der Waals surface area contributed by atoms with E-state index in [2.05, 4.69) is 5.32 Å². The smallest absolute Gasteiger partial charge is 0.416 e. The maximum absolute atomic E-state index is 12.9. The predicted molar refractivity (Wildman–Crippen MR) is 104 cm³/mol. The molecular weight excluding hydrogens is 423 g/mol. The summed E-state index contributed by atoms with van der Waals surface area (Å²) in [7, 11) is -3.01. The molecule has 6 nitrogen and oxygen atoms in total. The van der Waals surface area contributed by atoms with Gasteiger partial charge in [-0.2, -0.15) is 13.2 Å². The monoisotopic (exact) mass is 445 g/mol. The zero-order valence-electron chi connectivity index (χ0n) is 16.6. The van der Waals surface area contributed by atoms with Crippen LogP contribution < -0.4 is 10.1 Å². The van der Waals surface area contributed by atoms with Crippen LogP contribution in [0.5, 0.6) is 11.5 Å². The number of nitrogens with one attached hydrogen (secondary N) is 1. The molecule has 0 saturated heterocycles. The van der Waals surface area contributed by atoms with Gasteiger partial charge in [-0.05, 0) is 56.2 Å². The van der Waals surface area contributed by atoms with Crippen LogP contribution in [-0.4, -0.2) is 37.8 Å². The van der Waals surface area contributed by atoms with E-state index in [4.69, 9.17) is 4.74 Å². The van der Waals surface area contributed by atoms with Gasteiger partial charge in [-0.3, -0.25) is 4.79 Å². The van der Waals surface area contributed by atoms with Crippen LogP contribution in [0.3, 0.4) is 0 Å². The fraction of sp³-hybridized carbons (Fsp3) is 0.350. The van der Waals surface area contributed by atoms with Gasteiger partial charge in [0.2, 0.25) is 5.91 Å². The molecule has 2 N–H and O–H groups in total. The van der Waals surface area contributed by atoms with Crippen LogP contribution in [0.25, 0.3) is 0 Å². The van der Waals surface area contributed by atoms with Crippen molar-refractivity contribution in [2.45, 2.75) is 36.1 Å². The summed E-state index contributed by atoms with van der Waals surface area (Å²) in [4.78, 5) is 12.0. The molecule has 30 heavy (non-hydrogen) atoms. The molecule has 164 valence electrons. The van der Waals surface area contributed by atoms with Crippen LogP contribution in [0.2, 0.25) is 0 Å². The minimum atomic E-state index is -4.71. The largest absolute Gasteiger partial charge is 0.504 e. The van der Waals surface area contributed by atoms with Crippen molar-refractivity contribution in [1.29, 1.82) is 0 Å². The second-order valence-corrected chi connectivity index (χ2v) is 9.55. The van der Waals surface area contributed by atoms with E-state index in [9.17, 15) is 31.5 Å². The molecule has 0 bridgehead atoms. The minimum absolute atomic E-state index is 0.0430. The number of hydrogen-bond donors (Lipinski definition) is 2. The van der Waals surface area contributed by atoms with Gasteiger partial charge in [-0.1, -0.05) is 12.1 Å². The number of carbonyl (C=O) groups is 1. The number of halogens is 3. The van der Waals surface area contributed by atoms with Crippen LogP contribution in [-0.2, 0) is 27.2 Å². The molecule has 0 heterocycles. The molecule has 0 atom stereocenters. The van der Waals surface area contributed by atoms with Gasteiger partial charge in [0, 0.05) is 6.54 Å². The summed E-state index contributed by atoms with van der Waals surface area (Å²) in [6.45, 7) is 2.36. The number of sulfone groups is 1. The van der Waals surface area contributed by atoms with Gasteiger partial charge in [0.05, 0.1) is 17.6 Å². The average molecular weight is 445 g/mol. The van der Waals surface area contributed by atoms with Gasteiger partial charge in [-0.15, -0.1) is 0 Å². The molecule has 10 heteroatoms. The second-order valence-electron chi connectivity index (χ2n) is 7.05. The molecule has 2 aromatic carbocycles. The third kappa shape index (κ3) is 4.86. The minimum Gasteiger partial charge on any atom is -0.504 e. The normalized spacial score (nSPS) is 12.5. The molecule has 0 saturated carbocycles. The van der Waals surface area contributed by atoms with E-state index in [1.807, 2.05) is 0 Å². The summed E-state index contributed by atoms with van der Waals surface area (Å²) in [5.74, 6) is -0.629. The molecule has 0 spiro atoms. The molecule has 0 aliphatic heterocycles. The number of aromatic hydroxyl groups is 1. The van der Waals surface area contributed by atoms with Crippen molar-refractivity contribution in [3.63, 3.8) is 0 Å². The first-order chi connectivity index (χ1) is 13.8. The lowest BCUT2D eigenvalue weighted by Gasteiger charge is -2.24. The fourth-order valence-electron chi connectivity index (χ4n) is 2.67. The predicted octanol–water partition coefficient (Wildman–Crippen LogP) is 3.33. The summed E-state index contributed by atoms with van der Waals surface area (Å²) in [5.41, 5.74) is -0.385. The Balaban J connectivity index is 2.14. The zero-order valence-corrected chi connectivity index (χ0v) is 17.4. The van der Waals surface area contributed by atoms with Crippen molar-refractivity contribution in [3.8, 4) is 11.5 Å². The molecule has 0 fully saturated rings. The van der Waals surface area contributed by atoms with E-state index >= 15 is 0 Å². The van der Waals surface area contributed by atoms with Gasteiger partial charge in [-0.25, -0.2) is 8.42 Å². The molecule has 0 aliphatic rings. The number of carbonyl (C=O) groups excluding carboxylic acids is 1. The number of benzene rings is 2. The van der Waals surface area contributed by atoms with E-state index in [1.54, 1.807) is 12.1 Å². The quantitative estimate of drug-likeness (QED) is 0.682. The lowest BCUT2D eigenvalue weighted by molar-refractivity contribution is -0.137. The highest BCUT2D eigenvalue weighted by atomic mass is 32.2. The lowest BCUT2D eigenvalue weighted by atomic mass is 10.1. The van der Waals surface area contributed by atoms with Gasteiger partial charge in [0.25, 0.3) is 0 Å². The molecule has 1 amide bonds. The zero-order chi connectivity index (χ0) is 22.7. The average Bonchev–Trinajstić information content (AvgIpc) is 2.68. The molecule has 0 aliphatic carbocycles. The van der Waals surface area contributed by atoms with Gasteiger partial charge >= 0.3 is 6.18 Å². The summed E-state index contributed by atoms with van der Waals surface area (Å²) in [5, 5.41) is 12.1. The summed E-state index contributed by atoms with van der Waals surface area (Å²) < 4.78 is 67.5. The van der Waals surface area contributed by atoms with Crippen LogP contribution >= 0.6 is 0 Å². The number of ether oxygens (including phenoxy) is 1. The second kappa shape index (κ2) is 8.55.